The highest BCUT2D eigenvalue weighted by Gasteiger charge is 2.33. The fourth-order valence-electron chi connectivity index (χ4n) is 4.81. The maximum absolute atomic E-state index is 15.0. The van der Waals surface area contributed by atoms with Crippen molar-refractivity contribution in [3.63, 3.8) is 0 Å². The standard InChI is InChI=1S/C24H31F2N9O2/c1-2-33-7-9-35(10-8-33)24(37)15-3-5-34(6-4-15)20-17(26)13-29-14-18(20)32-23(36)19(21(27)28)22-30-11-16(25)12-31-22/h11-15,19H,2-10H2,1H3,(H3,27,28)(H,32,36). The molecule has 2 aromatic rings. The molecule has 1 unspecified atom stereocenters. The van der Waals surface area contributed by atoms with Gasteiger partial charge in [-0.15, -0.1) is 0 Å². The summed E-state index contributed by atoms with van der Waals surface area (Å²) < 4.78 is 28.2. The Morgan fingerprint density at radius 1 is 1.08 bits per heavy atom. The summed E-state index contributed by atoms with van der Waals surface area (Å²) in [5.74, 6) is -4.19. The molecule has 1 atom stereocenters. The summed E-state index contributed by atoms with van der Waals surface area (Å²) in [7, 11) is 0. The van der Waals surface area contributed by atoms with Crippen molar-refractivity contribution in [1.82, 2.24) is 24.8 Å². The van der Waals surface area contributed by atoms with Crippen molar-refractivity contribution >= 4 is 29.0 Å². The Labute approximate surface area is 213 Å². The molecule has 0 aromatic carbocycles. The van der Waals surface area contributed by atoms with E-state index < -0.39 is 29.3 Å². The number of nitrogens with zero attached hydrogens (tertiary/aromatic N) is 6. The van der Waals surface area contributed by atoms with Crippen LogP contribution in [0.1, 0.15) is 31.5 Å². The van der Waals surface area contributed by atoms with Gasteiger partial charge in [0.25, 0.3) is 0 Å². The summed E-state index contributed by atoms with van der Waals surface area (Å²) in [6.45, 7) is 7.11. The molecule has 2 amide bonds. The fraction of sp³-hybridized carbons (Fsp3) is 0.500. The Morgan fingerprint density at radius 2 is 1.73 bits per heavy atom. The number of piperazine rings is 1. The molecule has 0 bridgehead atoms. The average Bonchev–Trinajstić information content (AvgIpc) is 2.90. The smallest absolute Gasteiger partial charge is 0.242 e. The zero-order valence-corrected chi connectivity index (χ0v) is 20.7. The van der Waals surface area contributed by atoms with Gasteiger partial charge in [0, 0.05) is 45.2 Å². The summed E-state index contributed by atoms with van der Waals surface area (Å²) in [5, 5.41) is 10.4. The van der Waals surface area contributed by atoms with E-state index in [1.165, 1.54) is 6.20 Å². The molecule has 0 spiro atoms. The van der Waals surface area contributed by atoms with Crippen LogP contribution in [0.15, 0.2) is 24.8 Å². The van der Waals surface area contributed by atoms with Crippen molar-refractivity contribution in [2.24, 2.45) is 11.7 Å². The first-order valence-corrected chi connectivity index (χ1v) is 12.3. The van der Waals surface area contributed by atoms with Crippen LogP contribution in [0.4, 0.5) is 20.2 Å². The molecule has 2 aromatic heterocycles. The van der Waals surface area contributed by atoms with Crippen LogP contribution in [0.25, 0.3) is 0 Å². The lowest BCUT2D eigenvalue weighted by atomic mass is 9.94. The number of nitrogens with one attached hydrogen (secondary N) is 2. The molecule has 2 aliphatic rings. The molecule has 4 heterocycles. The van der Waals surface area contributed by atoms with Crippen molar-refractivity contribution in [3.05, 3.63) is 42.2 Å². The van der Waals surface area contributed by atoms with Crippen LogP contribution in [0.5, 0.6) is 0 Å². The lowest BCUT2D eigenvalue weighted by Crippen LogP contribution is -2.51. The molecule has 13 heteroatoms. The van der Waals surface area contributed by atoms with E-state index in [2.05, 4.69) is 32.1 Å². The molecule has 2 fully saturated rings. The van der Waals surface area contributed by atoms with E-state index in [0.29, 0.717) is 25.9 Å². The van der Waals surface area contributed by atoms with E-state index in [-0.39, 0.29) is 29.0 Å². The van der Waals surface area contributed by atoms with Gasteiger partial charge in [-0.3, -0.25) is 20.0 Å². The van der Waals surface area contributed by atoms with Crippen LogP contribution < -0.4 is 16.0 Å². The minimum Gasteiger partial charge on any atom is -0.387 e. The third-order valence-corrected chi connectivity index (χ3v) is 6.89. The van der Waals surface area contributed by atoms with Gasteiger partial charge in [-0.25, -0.2) is 18.7 Å². The van der Waals surface area contributed by atoms with Crippen LogP contribution in [0.3, 0.4) is 0 Å². The fourth-order valence-corrected chi connectivity index (χ4v) is 4.81. The molecule has 37 heavy (non-hydrogen) atoms. The van der Waals surface area contributed by atoms with Gasteiger partial charge in [0.1, 0.15) is 17.3 Å². The van der Waals surface area contributed by atoms with Crippen LogP contribution in [0.2, 0.25) is 0 Å². The van der Waals surface area contributed by atoms with Crippen molar-refractivity contribution in [3.8, 4) is 0 Å². The van der Waals surface area contributed by atoms with Crippen LogP contribution in [-0.4, -0.2) is 88.2 Å². The number of likely N-dealkylation sites (N-methyl/N-ethyl adjacent to an activating group) is 1. The molecular weight excluding hydrogens is 484 g/mol. The van der Waals surface area contributed by atoms with Gasteiger partial charge in [0.15, 0.2) is 17.6 Å². The predicted octanol–water partition coefficient (Wildman–Crippen LogP) is 1.19. The van der Waals surface area contributed by atoms with Gasteiger partial charge in [-0.1, -0.05) is 6.92 Å². The van der Waals surface area contributed by atoms with Gasteiger partial charge in [0.05, 0.1) is 30.5 Å². The summed E-state index contributed by atoms with van der Waals surface area (Å²) in [6.07, 6.45) is 5.22. The monoisotopic (exact) mass is 515 g/mol. The molecular formula is C24H31F2N9O2. The van der Waals surface area contributed by atoms with Crippen molar-refractivity contribution < 1.29 is 18.4 Å². The van der Waals surface area contributed by atoms with E-state index >= 15 is 0 Å². The second-order valence-electron chi connectivity index (χ2n) is 9.18. The first kappa shape index (κ1) is 26.3. The highest BCUT2D eigenvalue weighted by Crippen LogP contribution is 2.33. The zero-order valence-electron chi connectivity index (χ0n) is 20.7. The number of amides is 2. The number of rotatable bonds is 7. The molecule has 0 saturated carbocycles. The topological polar surface area (TPSA) is 144 Å². The first-order chi connectivity index (χ1) is 17.8. The molecule has 2 aliphatic heterocycles. The van der Waals surface area contributed by atoms with Gasteiger partial charge in [0.2, 0.25) is 11.8 Å². The number of carbonyl (C=O) groups excluding carboxylic acids is 2. The third-order valence-electron chi connectivity index (χ3n) is 6.89. The minimum atomic E-state index is -1.40. The molecule has 2 saturated heterocycles. The van der Waals surface area contributed by atoms with E-state index in [9.17, 15) is 18.4 Å². The number of piperidine rings is 1. The van der Waals surface area contributed by atoms with Crippen LogP contribution in [-0.2, 0) is 9.59 Å². The second kappa shape index (κ2) is 11.5. The maximum atomic E-state index is 15.0. The number of amidine groups is 1. The molecule has 4 N–H and O–H groups in total. The predicted molar refractivity (Wildman–Crippen MR) is 133 cm³/mol. The minimum absolute atomic E-state index is 0.0961. The molecule has 4 rings (SSSR count). The Morgan fingerprint density at radius 3 is 2.32 bits per heavy atom. The summed E-state index contributed by atoms with van der Waals surface area (Å²) in [4.78, 5) is 43.4. The Kier molecular flexibility index (Phi) is 8.21. The molecule has 0 radical (unpaired) electrons. The number of nitrogens with two attached hydrogens (primary N) is 1. The Balaban J connectivity index is 1.44. The number of aromatic nitrogens is 3. The summed E-state index contributed by atoms with van der Waals surface area (Å²) >= 11 is 0. The quantitative estimate of drug-likeness (QED) is 0.368. The van der Waals surface area contributed by atoms with Gasteiger partial charge in [-0.05, 0) is 19.4 Å². The number of pyridine rings is 1. The second-order valence-corrected chi connectivity index (χ2v) is 9.18. The van der Waals surface area contributed by atoms with Crippen molar-refractivity contribution in [2.45, 2.75) is 25.7 Å². The largest absolute Gasteiger partial charge is 0.387 e. The van der Waals surface area contributed by atoms with E-state index in [0.717, 1.165) is 51.3 Å². The van der Waals surface area contributed by atoms with Gasteiger partial charge in [-0.2, -0.15) is 0 Å². The number of carbonyl (C=O) groups is 2. The van der Waals surface area contributed by atoms with Crippen molar-refractivity contribution in [1.29, 1.82) is 5.41 Å². The number of halogens is 2. The van der Waals surface area contributed by atoms with Gasteiger partial charge >= 0.3 is 0 Å². The number of anilines is 2. The third kappa shape index (κ3) is 5.98. The number of hydrogen-bond acceptors (Lipinski definition) is 8. The van der Waals surface area contributed by atoms with E-state index in [1.807, 2.05) is 4.90 Å². The lowest BCUT2D eigenvalue weighted by Gasteiger charge is -2.39. The van der Waals surface area contributed by atoms with Crippen LogP contribution >= 0.6 is 0 Å². The average molecular weight is 516 g/mol. The zero-order chi connectivity index (χ0) is 26.5. The summed E-state index contributed by atoms with van der Waals surface area (Å²) in [5.41, 5.74) is 5.85. The molecule has 198 valence electrons. The Bertz CT molecular complexity index is 1130. The molecule has 0 aliphatic carbocycles. The highest BCUT2D eigenvalue weighted by molar-refractivity contribution is 6.11. The summed E-state index contributed by atoms with van der Waals surface area (Å²) in [6, 6.07) is 0. The molecule has 11 nitrogen and oxygen atoms in total. The SMILES string of the molecule is CCN1CCN(C(=O)C2CCN(c3c(F)cncc3NC(=O)C(C(=N)N)c3ncc(F)cn3)CC2)CC1. The van der Waals surface area contributed by atoms with Crippen LogP contribution in [0, 0.1) is 23.0 Å². The van der Waals surface area contributed by atoms with Crippen molar-refractivity contribution in [2.75, 3.05) is 56.0 Å². The Hall–Kier alpha value is -3.74. The van der Waals surface area contributed by atoms with Gasteiger partial charge < -0.3 is 25.8 Å². The van der Waals surface area contributed by atoms with E-state index in [1.54, 1.807) is 4.90 Å². The highest BCUT2D eigenvalue weighted by atomic mass is 19.1. The normalized spacial score (nSPS) is 17.9. The maximum Gasteiger partial charge on any atom is 0.242 e. The number of hydrogen-bond donors (Lipinski definition) is 3. The lowest BCUT2D eigenvalue weighted by molar-refractivity contribution is -0.138. The first-order valence-electron chi connectivity index (χ1n) is 12.3. The van der Waals surface area contributed by atoms with E-state index in [4.69, 9.17) is 11.1 Å².